The van der Waals surface area contributed by atoms with Gasteiger partial charge in [-0.15, -0.1) is 0 Å². The average molecular weight is 277 g/mol. The lowest BCUT2D eigenvalue weighted by atomic mass is 10.1. The van der Waals surface area contributed by atoms with E-state index in [-0.39, 0.29) is 11.7 Å². The van der Waals surface area contributed by atoms with Crippen LogP contribution in [0.5, 0.6) is 5.75 Å². The number of anilines is 1. The molecule has 2 aromatic rings. The summed E-state index contributed by atoms with van der Waals surface area (Å²) >= 11 is 5.99. The first-order valence-corrected chi connectivity index (χ1v) is 6.05. The van der Waals surface area contributed by atoms with Gasteiger partial charge in [0.1, 0.15) is 5.75 Å². The second-order valence-corrected chi connectivity index (χ2v) is 4.49. The van der Waals surface area contributed by atoms with Gasteiger partial charge in [-0.05, 0) is 23.8 Å². The number of phenols is 1. The second-order valence-electron chi connectivity index (χ2n) is 4.09. The molecule has 5 heteroatoms. The van der Waals surface area contributed by atoms with Crippen LogP contribution in [0.2, 0.25) is 5.02 Å². The van der Waals surface area contributed by atoms with Gasteiger partial charge in [0, 0.05) is 28.9 Å². The van der Waals surface area contributed by atoms with Crippen molar-refractivity contribution in [3.05, 3.63) is 58.6 Å². The fourth-order valence-corrected chi connectivity index (χ4v) is 1.89. The quantitative estimate of drug-likeness (QED) is 0.754. The molecular weight excluding hydrogens is 264 g/mol. The van der Waals surface area contributed by atoms with Crippen molar-refractivity contribution in [1.82, 2.24) is 5.32 Å². The van der Waals surface area contributed by atoms with E-state index in [1.54, 1.807) is 6.07 Å². The Kier molecular flexibility index (Phi) is 3.92. The molecule has 0 aliphatic carbocycles. The molecule has 0 radical (unpaired) electrons. The maximum absolute atomic E-state index is 11.9. The molecular formula is C14H13ClN2O2. The smallest absolute Gasteiger partial charge is 0.251 e. The number of phenolic OH excluding ortho intramolecular Hbond substituents is 1. The Morgan fingerprint density at radius 3 is 2.68 bits per heavy atom. The fourth-order valence-electron chi connectivity index (χ4n) is 1.69. The molecule has 2 aromatic carbocycles. The van der Waals surface area contributed by atoms with Crippen LogP contribution < -0.4 is 11.1 Å². The van der Waals surface area contributed by atoms with E-state index in [1.807, 2.05) is 18.2 Å². The molecule has 0 heterocycles. The molecule has 0 saturated heterocycles. The minimum Gasteiger partial charge on any atom is -0.508 e. The van der Waals surface area contributed by atoms with E-state index in [9.17, 15) is 9.90 Å². The molecule has 0 aliphatic heterocycles. The fraction of sp³-hybridized carbons (Fsp3) is 0.0714. The Morgan fingerprint density at radius 2 is 2.00 bits per heavy atom. The Labute approximate surface area is 115 Å². The summed E-state index contributed by atoms with van der Waals surface area (Å²) < 4.78 is 0. The average Bonchev–Trinajstić information content (AvgIpc) is 2.36. The Morgan fingerprint density at radius 1 is 1.26 bits per heavy atom. The van der Waals surface area contributed by atoms with Crippen LogP contribution in [0.4, 0.5) is 5.69 Å². The predicted molar refractivity (Wildman–Crippen MR) is 75.1 cm³/mol. The van der Waals surface area contributed by atoms with Gasteiger partial charge < -0.3 is 16.2 Å². The van der Waals surface area contributed by atoms with E-state index in [4.69, 9.17) is 17.3 Å². The molecule has 4 nitrogen and oxygen atoms in total. The van der Waals surface area contributed by atoms with Gasteiger partial charge in [-0.3, -0.25) is 4.79 Å². The normalized spacial score (nSPS) is 10.2. The number of nitrogens with two attached hydrogens (primary N) is 1. The zero-order chi connectivity index (χ0) is 13.8. The van der Waals surface area contributed by atoms with Gasteiger partial charge in [0.05, 0.1) is 0 Å². The van der Waals surface area contributed by atoms with Gasteiger partial charge in [-0.1, -0.05) is 29.8 Å². The highest BCUT2D eigenvalue weighted by atomic mass is 35.5. The minimum atomic E-state index is -0.317. The Bertz CT molecular complexity index is 594. The SMILES string of the molecule is Nc1cc(O)cc(C(=O)NCc2ccccc2Cl)c1. The lowest BCUT2D eigenvalue weighted by Crippen LogP contribution is -2.23. The lowest BCUT2D eigenvalue weighted by Gasteiger charge is -2.08. The molecule has 0 saturated carbocycles. The molecule has 19 heavy (non-hydrogen) atoms. The van der Waals surface area contributed by atoms with Crippen molar-refractivity contribution < 1.29 is 9.90 Å². The third kappa shape index (κ3) is 3.39. The summed E-state index contributed by atoms with van der Waals surface area (Å²) in [5.41, 5.74) is 7.04. The molecule has 2 rings (SSSR count). The topological polar surface area (TPSA) is 75.3 Å². The maximum Gasteiger partial charge on any atom is 0.251 e. The van der Waals surface area contributed by atoms with E-state index in [2.05, 4.69) is 5.32 Å². The van der Waals surface area contributed by atoms with Crippen LogP contribution in [0.1, 0.15) is 15.9 Å². The van der Waals surface area contributed by atoms with Crippen molar-refractivity contribution in [3.8, 4) is 5.75 Å². The van der Waals surface area contributed by atoms with Gasteiger partial charge in [0.15, 0.2) is 0 Å². The van der Waals surface area contributed by atoms with Crippen LogP contribution in [0.15, 0.2) is 42.5 Å². The van der Waals surface area contributed by atoms with Crippen molar-refractivity contribution in [2.24, 2.45) is 0 Å². The first kappa shape index (κ1) is 13.2. The van der Waals surface area contributed by atoms with Gasteiger partial charge in [-0.2, -0.15) is 0 Å². The lowest BCUT2D eigenvalue weighted by molar-refractivity contribution is 0.0950. The van der Waals surface area contributed by atoms with E-state index in [1.165, 1.54) is 18.2 Å². The third-order valence-electron chi connectivity index (χ3n) is 2.60. The summed E-state index contributed by atoms with van der Waals surface area (Å²) in [7, 11) is 0. The number of carbonyl (C=O) groups is 1. The summed E-state index contributed by atoms with van der Waals surface area (Å²) in [6, 6.07) is 11.5. The molecule has 0 aliphatic rings. The highest BCUT2D eigenvalue weighted by Crippen LogP contribution is 2.18. The predicted octanol–water partition coefficient (Wildman–Crippen LogP) is 2.56. The number of halogens is 1. The number of benzene rings is 2. The summed E-state index contributed by atoms with van der Waals surface area (Å²) in [6.45, 7) is 0.314. The van der Waals surface area contributed by atoms with E-state index in [0.717, 1.165) is 5.56 Å². The maximum atomic E-state index is 11.9. The first-order valence-electron chi connectivity index (χ1n) is 5.67. The zero-order valence-electron chi connectivity index (χ0n) is 10.1. The zero-order valence-corrected chi connectivity index (χ0v) is 10.8. The van der Waals surface area contributed by atoms with Gasteiger partial charge in [0.25, 0.3) is 5.91 Å². The van der Waals surface area contributed by atoms with Crippen LogP contribution in [0.3, 0.4) is 0 Å². The molecule has 0 fully saturated rings. The van der Waals surface area contributed by atoms with Crippen molar-refractivity contribution in [2.45, 2.75) is 6.54 Å². The van der Waals surface area contributed by atoms with Crippen molar-refractivity contribution >= 4 is 23.2 Å². The molecule has 0 atom stereocenters. The summed E-state index contributed by atoms with van der Waals surface area (Å²) in [5, 5.41) is 12.7. The number of carbonyl (C=O) groups excluding carboxylic acids is 1. The largest absolute Gasteiger partial charge is 0.508 e. The first-order chi connectivity index (χ1) is 9.06. The van der Waals surface area contributed by atoms with Crippen LogP contribution >= 0.6 is 11.6 Å². The minimum absolute atomic E-state index is 0.0390. The van der Waals surface area contributed by atoms with Gasteiger partial charge >= 0.3 is 0 Å². The third-order valence-corrected chi connectivity index (χ3v) is 2.97. The van der Waals surface area contributed by atoms with Crippen LogP contribution in [0.25, 0.3) is 0 Å². The molecule has 0 aromatic heterocycles. The standard InChI is InChI=1S/C14H13ClN2O2/c15-13-4-2-1-3-9(13)8-17-14(19)10-5-11(16)7-12(18)6-10/h1-7,18H,8,16H2,(H,17,19). The number of nitrogen functional groups attached to an aromatic ring is 1. The number of hydrogen-bond acceptors (Lipinski definition) is 3. The summed E-state index contributed by atoms with van der Waals surface area (Å²) in [6.07, 6.45) is 0. The number of nitrogens with one attached hydrogen (secondary N) is 1. The van der Waals surface area contributed by atoms with E-state index in [0.29, 0.717) is 22.8 Å². The molecule has 0 unspecified atom stereocenters. The van der Waals surface area contributed by atoms with Crippen molar-refractivity contribution in [3.63, 3.8) is 0 Å². The monoisotopic (exact) mass is 276 g/mol. The van der Waals surface area contributed by atoms with E-state index >= 15 is 0 Å². The van der Waals surface area contributed by atoms with Crippen molar-refractivity contribution in [2.75, 3.05) is 5.73 Å². The molecule has 98 valence electrons. The number of rotatable bonds is 3. The Balaban J connectivity index is 2.08. The molecule has 0 bridgehead atoms. The summed E-state index contributed by atoms with van der Waals surface area (Å²) in [4.78, 5) is 11.9. The van der Waals surface area contributed by atoms with Crippen molar-refractivity contribution in [1.29, 1.82) is 0 Å². The summed E-state index contributed by atoms with van der Waals surface area (Å²) in [5.74, 6) is -0.356. The number of amides is 1. The molecule has 1 amide bonds. The van der Waals surface area contributed by atoms with Crippen LogP contribution in [-0.2, 0) is 6.54 Å². The highest BCUT2D eigenvalue weighted by molar-refractivity contribution is 6.31. The van der Waals surface area contributed by atoms with Crippen LogP contribution in [-0.4, -0.2) is 11.0 Å². The van der Waals surface area contributed by atoms with E-state index < -0.39 is 0 Å². The van der Waals surface area contributed by atoms with Gasteiger partial charge in [-0.25, -0.2) is 0 Å². The van der Waals surface area contributed by atoms with Gasteiger partial charge in [0.2, 0.25) is 0 Å². The van der Waals surface area contributed by atoms with Crippen LogP contribution in [0, 0.1) is 0 Å². The number of aromatic hydroxyl groups is 1. The number of hydrogen-bond donors (Lipinski definition) is 3. The molecule has 4 N–H and O–H groups in total. The second kappa shape index (κ2) is 5.63. The molecule has 0 spiro atoms. The highest BCUT2D eigenvalue weighted by Gasteiger charge is 2.08. The Hall–Kier alpha value is -2.20.